The predicted octanol–water partition coefficient (Wildman–Crippen LogP) is 3.88. The van der Waals surface area contributed by atoms with E-state index in [1.165, 1.54) is 29.1 Å². The van der Waals surface area contributed by atoms with Crippen molar-refractivity contribution in [1.29, 1.82) is 0 Å². The Labute approximate surface area is 130 Å². The van der Waals surface area contributed by atoms with Crippen LogP contribution in [0.25, 0.3) is 0 Å². The Bertz CT molecular complexity index is 548. The second kappa shape index (κ2) is 6.85. The second-order valence-electron chi connectivity index (χ2n) is 5.34. The van der Waals surface area contributed by atoms with Crippen LogP contribution in [-0.2, 0) is 0 Å². The molecule has 0 amide bonds. The van der Waals surface area contributed by atoms with Crippen LogP contribution in [0.4, 0.5) is 11.4 Å². The minimum absolute atomic E-state index is 0.572. The fraction of sp³-hybridized carbons (Fsp3) is 0.353. The van der Waals surface area contributed by atoms with Crippen LogP contribution in [0.5, 0.6) is 0 Å². The molecule has 1 fully saturated rings. The average molecular weight is 299 g/mol. The van der Waals surface area contributed by atoms with Crippen LogP contribution in [0.2, 0.25) is 0 Å². The number of pyridine rings is 1. The Kier molecular flexibility index (Phi) is 4.65. The van der Waals surface area contributed by atoms with Crippen molar-refractivity contribution in [1.82, 2.24) is 4.98 Å². The summed E-state index contributed by atoms with van der Waals surface area (Å²) in [5, 5.41) is 3.66. The Morgan fingerprint density at radius 3 is 2.33 bits per heavy atom. The number of nitrogens with one attached hydrogen (secondary N) is 1. The molecular formula is C17H21N3S. The Balaban J connectivity index is 1.53. The minimum Gasteiger partial charge on any atom is -0.382 e. The molecule has 0 spiro atoms. The number of anilines is 2. The van der Waals surface area contributed by atoms with Crippen molar-refractivity contribution < 1.29 is 0 Å². The van der Waals surface area contributed by atoms with Gasteiger partial charge in [-0.3, -0.25) is 4.98 Å². The molecule has 4 heteroatoms. The first-order chi connectivity index (χ1) is 10.3. The van der Waals surface area contributed by atoms with Gasteiger partial charge in [0.1, 0.15) is 0 Å². The molecule has 0 atom stereocenters. The maximum atomic E-state index is 4.08. The maximum Gasteiger partial charge on any atom is 0.0397 e. The number of rotatable bonds is 4. The standard InChI is InChI=1S/C17H21N3S/c1-21-17-4-2-14(3-5-17)19-15-8-12-20(13-9-15)16-6-10-18-11-7-16/h2-7,10-11,15,19H,8-9,12-13H2,1H3. The van der Waals surface area contributed by atoms with Gasteiger partial charge in [0.05, 0.1) is 0 Å². The van der Waals surface area contributed by atoms with Crippen molar-refractivity contribution in [2.75, 3.05) is 29.6 Å². The Hall–Kier alpha value is -1.68. The van der Waals surface area contributed by atoms with Gasteiger partial charge in [-0.2, -0.15) is 0 Å². The summed E-state index contributed by atoms with van der Waals surface area (Å²) in [6, 6.07) is 13.5. The van der Waals surface area contributed by atoms with E-state index >= 15 is 0 Å². The zero-order chi connectivity index (χ0) is 14.5. The summed E-state index contributed by atoms with van der Waals surface area (Å²) in [7, 11) is 0. The summed E-state index contributed by atoms with van der Waals surface area (Å²) >= 11 is 1.78. The number of piperidine rings is 1. The van der Waals surface area contributed by atoms with Gasteiger partial charge in [-0.1, -0.05) is 0 Å². The van der Waals surface area contributed by atoms with Gasteiger partial charge in [0.2, 0.25) is 0 Å². The maximum absolute atomic E-state index is 4.08. The van der Waals surface area contributed by atoms with Crippen molar-refractivity contribution in [3.05, 3.63) is 48.8 Å². The van der Waals surface area contributed by atoms with Gasteiger partial charge < -0.3 is 10.2 Å². The van der Waals surface area contributed by atoms with E-state index in [0.717, 1.165) is 13.1 Å². The van der Waals surface area contributed by atoms with Crippen molar-refractivity contribution in [3.63, 3.8) is 0 Å². The van der Waals surface area contributed by atoms with Gasteiger partial charge in [-0.05, 0) is 55.5 Å². The van der Waals surface area contributed by atoms with E-state index in [1.807, 2.05) is 12.4 Å². The summed E-state index contributed by atoms with van der Waals surface area (Å²) in [5.74, 6) is 0. The van der Waals surface area contributed by atoms with Gasteiger partial charge in [0.15, 0.2) is 0 Å². The number of hydrogen-bond donors (Lipinski definition) is 1. The molecule has 0 aliphatic carbocycles. The van der Waals surface area contributed by atoms with Crippen LogP contribution < -0.4 is 10.2 Å². The van der Waals surface area contributed by atoms with Gasteiger partial charge in [-0.15, -0.1) is 11.8 Å². The van der Waals surface area contributed by atoms with Crippen molar-refractivity contribution in [2.24, 2.45) is 0 Å². The molecule has 1 aliphatic heterocycles. The van der Waals surface area contributed by atoms with Crippen molar-refractivity contribution in [2.45, 2.75) is 23.8 Å². The molecular weight excluding hydrogens is 278 g/mol. The van der Waals surface area contributed by atoms with Gasteiger partial charge >= 0.3 is 0 Å². The monoisotopic (exact) mass is 299 g/mol. The van der Waals surface area contributed by atoms with Crippen molar-refractivity contribution in [3.8, 4) is 0 Å². The summed E-state index contributed by atoms with van der Waals surface area (Å²) in [4.78, 5) is 7.84. The quantitative estimate of drug-likeness (QED) is 0.867. The highest BCUT2D eigenvalue weighted by molar-refractivity contribution is 7.98. The molecule has 1 aliphatic rings. The van der Waals surface area contributed by atoms with Crippen LogP contribution >= 0.6 is 11.8 Å². The third kappa shape index (κ3) is 3.70. The van der Waals surface area contributed by atoms with Crippen LogP contribution in [-0.4, -0.2) is 30.4 Å². The van der Waals surface area contributed by atoms with Crippen LogP contribution in [0.15, 0.2) is 53.7 Å². The molecule has 0 unspecified atom stereocenters. The summed E-state index contributed by atoms with van der Waals surface area (Å²) in [5.41, 5.74) is 2.52. The average Bonchev–Trinajstić information content (AvgIpc) is 2.57. The lowest BCUT2D eigenvalue weighted by Gasteiger charge is -2.34. The molecule has 21 heavy (non-hydrogen) atoms. The number of thioether (sulfide) groups is 1. The van der Waals surface area contributed by atoms with Crippen LogP contribution in [0.1, 0.15) is 12.8 Å². The molecule has 2 aromatic rings. The molecule has 3 nitrogen and oxygen atoms in total. The van der Waals surface area contributed by atoms with Crippen LogP contribution in [0.3, 0.4) is 0 Å². The first kappa shape index (κ1) is 14.3. The highest BCUT2D eigenvalue weighted by Gasteiger charge is 2.19. The van der Waals surface area contributed by atoms with E-state index in [9.17, 15) is 0 Å². The van der Waals surface area contributed by atoms with E-state index in [1.54, 1.807) is 11.8 Å². The molecule has 1 aromatic heterocycles. The molecule has 2 heterocycles. The summed E-state index contributed by atoms with van der Waals surface area (Å²) in [6.45, 7) is 2.20. The van der Waals surface area contributed by atoms with E-state index < -0.39 is 0 Å². The zero-order valence-corrected chi connectivity index (χ0v) is 13.1. The highest BCUT2D eigenvalue weighted by Crippen LogP contribution is 2.23. The smallest absolute Gasteiger partial charge is 0.0397 e. The van der Waals surface area contributed by atoms with E-state index in [0.29, 0.717) is 6.04 Å². The Morgan fingerprint density at radius 2 is 1.71 bits per heavy atom. The third-order valence-electron chi connectivity index (χ3n) is 3.98. The predicted molar refractivity (Wildman–Crippen MR) is 91.3 cm³/mol. The number of hydrogen-bond acceptors (Lipinski definition) is 4. The van der Waals surface area contributed by atoms with Gasteiger partial charge in [0, 0.05) is 47.8 Å². The molecule has 3 rings (SSSR count). The van der Waals surface area contributed by atoms with E-state index in [-0.39, 0.29) is 0 Å². The lowest BCUT2D eigenvalue weighted by atomic mass is 10.0. The topological polar surface area (TPSA) is 28.2 Å². The lowest BCUT2D eigenvalue weighted by molar-refractivity contribution is 0.526. The van der Waals surface area contributed by atoms with Gasteiger partial charge in [-0.25, -0.2) is 0 Å². The summed E-state index contributed by atoms with van der Waals surface area (Å²) in [6.07, 6.45) is 8.19. The molecule has 1 saturated heterocycles. The SMILES string of the molecule is CSc1ccc(NC2CCN(c3ccncc3)CC2)cc1. The lowest BCUT2D eigenvalue weighted by Crippen LogP contribution is -2.39. The Morgan fingerprint density at radius 1 is 1.05 bits per heavy atom. The number of benzene rings is 1. The first-order valence-corrected chi connectivity index (χ1v) is 8.63. The molecule has 1 N–H and O–H groups in total. The van der Waals surface area contributed by atoms with E-state index in [2.05, 4.69) is 57.9 Å². The molecule has 1 aromatic carbocycles. The summed E-state index contributed by atoms with van der Waals surface area (Å²) < 4.78 is 0. The van der Waals surface area contributed by atoms with Crippen molar-refractivity contribution >= 4 is 23.1 Å². The fourth-order valence-electron chi connectivity index (χ4n) is 2.76. The molecule has 0 radical (unpaired) electrons. The zero-order valence-electron chi connectivity index (χ0n) is 12.3. The molecule has 0 saturated carbocycles. The van der Waals surface area contributed by atoms with Gasteiger partial charge in [0.25, 0.3) is 0 Å². The van der Waals surface area contributed by atoms with Crippen LogP contribution in [0, 0.1) is 0 Å². The normalized spacial score (nSPS) is 16.0. The number of aromatic nitrogens is 1. The highest BCUT2D eigenvalue weighted by atomic mass is 32.2. The largest absolute Gasteiger partial charge is 0.382 e. The molecule has 110 valence electrons. The number of nitrogens with zero attached hydrogens (tertiary/aromatic N) is 2. The first-order valence-electron chi connectivity index (χ1n) is 7.41. The van der Waals surface area contributed by atoms with E-state index in [4.69, 9.17) is 0 Å². The third-order valence-corrected chi connectivity index (χ3v) is 4.73. The molecule has 0 bridgehead atoms. The second-order valence-corrected chi connectivity index (χ2v) is 6.22. The fourth-order valence-corrected chi connectivity index (χ4v) is 3.17. The minimum atomic E-state index is 0.572.